The summed E-state index contributed by atoms with van der Waals surface area (Å²) in [5.41, 5.74) is 1.92. The fourth-order valence-corrected chi connectivity index (χ4v) is 2.05. The lowest BCUT2D eigenvalue weighted by Gasteiger charge is -2.03. The molecule has 0 saturated carbocycles. The van der Waals surface area contributed by atoms with Gasteiger partial charge in [-0.15, -0.1) is 0 Å². The molecular formula is C12H19ClN2O. The van der Waals surface area contributed by atoms with Crippen molar-refractivity contribution in [3.63, 3.8) is 0 Å². The highest BCUT2D eigenvalue weighted by molar-refractivity contribution is 6.30. The Kier molecular flexibility index (Phi) is 4.54. The Morgan fingerprint density at radius 3 is 2.56 bits per heavy atom. The summed E-state index contributed by atoms with van der Waals surface area (Å²) in [5, 5.41) is 4.87. The third kappa shape index (κ3) is 3.34. The first-order valence-electron chi connectivity index (χ1n) is 5.61. The molecule has 0 N–H and O–H groups in total. The van der Waals surface area contributed by atoms with Crippen LogP contribution in [0.5, 0.6) is 0 Å². The average molecular weight is 243 g/mol. The quantitative estimate of drug-likeness (QED) is 0.796. The zero-order valence-corrected chi connectivity index (χ0v) is 11.1. The van der Waals surface area contributed by atoms with E-state index in [4.69, 9.17) is 11.6 Å². The molecule has 0 aromatic carbocycles. The molecule has 1 aromatic rings. The van der Waals surface area contributed by atoms with Crippen LogP contribution in [-0.4, -0.2) is 15.6 Å². The molecule has 0 atom stereocenters. The van der Waals surface area contributed by atoms with E-state index in [-0.39, 0.29) is 0 Å². The number of carbonyl (C=O) groups excluding carboxylic acids is 1. The molecule has 0 radical (unpaired) electrons. The molecule has 0 bridgehead atoms. The Hall–Kier alpha value is -0.830. The number of hydrogen-bond donors (Lipinski definition) is 0. The Bertz CT molecular complexity index is 383. The van der Waals surface area contributed by atoms with Crippen molar-refractivity contribution in [3.8, 4) is 0 Å². The first kappa shape index (κ1) is 13.2. The van der Waals surface area contributed by atoms with Crippen LogP contribution < -0.4 is 0 Å². The summed E-state index contributed by atoms with van der Waals surface area (Å²) in [6.45, 7) is 6.04. The van der Waals surface area contributed by atoms with Crippen LogP contribution in [0.2, 0.25) is 5.15 Å². The van der Waals surface area contributed by atoms with Gasteiger partial charge in [0, 0.05) is 25.5 Å². The molecule has 0 aliphatic heterocycles. The molecular weight excluding hydrogens is 224 g/mol. The SMILES string of the molecule is Cc1nn(C)c(Cl)c1CCC(=O)CC(C)C. The second-order valence-electron chi connectivity index (χ2n) is 4.62. The molecule has 0 fully saturated rings. The van der Waals surface area contributed by atoms with E-state index >= 15 is 0 Å². The molecule has 0 aliphatic rings. The van der Waals surface area contributed by atoms with E-state index in [1.165, 1.54) is 0 Å². The molecule has 3 nitrogen and oxygen atoms in total. The van der Waals surface area contributed by atoms with E-state index in [1.54, 1.807) is 4.68 Å². The van der Waals surface area contributed by atoms with Crippen LogP contribution in [0.1, 0.15) is 37.9 Å². The number of rotatable bonds is 5. The van der Waals surface area contributed by atoms with Gasteiger partial charge in [0.2, 0.25) is 0 Å². The Balaban J connectivity index is 2.58. The van der Waals surface area contributed by atoms with Gasteiger partial charge in [0.25, 0.3) is 0 Å². The second kappa shape index (κ2) is 5.48. The van der Waals surface area contributed by atoms with Gasteiger partial charge < -0.3 is 0 Å². The second-order valence-corrected chi connectivity index (χ2v) is 4.97. The monoisotopic (exact) mass is 242 g/mol. The van der Waals surface area contributed by atoms with Crippen molar-refractivity contribution in [2.45, 2.75) is 40.0 Å². The van der Waals surface area contributed by atoms with E-state index in [1.807, 2.05) is 14.0 Å². The molecule has 4 heteroatoms. The van der Waals surface area contributed by atoms with Crippen LogP contribution in [0.4, 0.5) is 0 Å². The van der Waals surface area contributed by atoms with Crippen molar-refractivity contribution in [1.82, 2.24) is 9.78 Å². The number of nitrogens with zero attached hydrogens (tertiary/aromatic N) is 2. The van der Waals surface area contributed by atoms with E-state index < -0.39 is 0 Å². The fourth-order valence-electron chi connectivity index (χ4n) is 1.78. The molecule has 0 amide bonds. The maximum Gasteiger partial charge on any atom is 0.133 e. The first-order valence-corrected chi connectivity index (χ1v) is 5.99. The smallest absolute Gasteiger partial charge is 0.133 e. The average Bonchev–Trinajstić information content (AvgIpc) is 2.38. The maximum absolute atomic E-state index is 11.6. The lowest BCUT2D eigenvalue weighted by atomic mass is 10.0. The summed E-state index contributed by atoms with van der Waals surface area (Å²) in [5.74, 6) is 0.729. The molecule has 0 saturated heterocycles. The van der Waals surface area contributed by atoms with Crippen LogP contribution in [0.15, 0.2) is 0 Å². The number of aromatic nitrogens is 2. The molecule has 1 heterocycles. The summed E-state index contributed by atoms with van der Waals surface area (Å²) in [6.07, 6.45) is 1.91. The summed E-state index contributed by atoms with van der Waals surface area (Å²) >= 11 is 6.09. The van der Waals surface area contributed by atoms with Crippen LogP contribution in [0.3, 0.4) is 0 Å². The summed E-state index contributed by atoms with van der Waals surface area (Å²) < 4.78 is 1.65. The van der Waals surface area contributed by atoms with Crippen LogP contribution in [0.25, 0.3) is 0 Å². The molecule has 1 rings (SSSR count). The minimum absolute atomic E-state index is 0.300. The van der Waals surface area contributed by atoms with Gasteiger partial charge in [-0.25, -0.2) is 0 Å². The minimum atomic E-state index is 0.300. The van der Waals surface area contributed by atoms with Crippen molar-refractivity contribution >= 4 is 17.4 Å². The fraction of sp³-hybridized carbons (Fsp3) is 0.667. The van der Waals surface area contributed by atoms with E-state index in [0.29, 0.717) is 36.1 Å². The Morgan fingerprint density at radius 1 is 1.50 bits per heavy atom. The summed E-state index contributed by atoms with van der Waals surface area (Å²) in [7, 11) is 1.81. The molecule has 0 aliphatic carbocycles. The van der Waals surface area contributed by atoms with Gasteiger partial charge in [0.15, 0.2) is 0 Å². The Labute approximate surface area is 102 Å². The number of ketones is 1. The van der Waals surface area contributed by atoms with Gasteiger partial charge in [0.1, 0.15) is 10.9 Å². The molecule has 0 unspecified atom stereocenters. The van der Waals surface area contributed by atoms with Gasteiger partial charge in [-0.05, 0) is 19.3 Å². The van der Waals surface area contributed by atoms with Crippen LogP contribution >= 0.6 is 11.6 Å². The van der Waals surface area contributed by atoms with Crippen LogP contribution in [-0.2, 0) is 18.3 Å². The van der Waals surface area contributed by atoms with Crippen molar-refractivity contribution in [3.05, 3.63) is 16.4 Å². The first-order chi connectivity index (χ1) is 7.41. The van der Waals surface area contributed by atoms with Crippen molar-refractivity contribution in [1.29, 1.82) is 0 Å². The zero-order valence-electron chi connectivity index (χ0n) is 10.4. The standard InChI is InChI=1S/C12H19ClN2O/c1-8(2)7-10(16)5-6-11-9(3)14-15(4)12(11)13/h8H,5-7H2,1-4H3. The lowest BCUT2D eigenvalue weighted by molar-refractivity contribution is -0.119. The molecule has 90 valence electrons. The summed E-state index contributed by atoms with van der Waals surface area (Å²) in [4.78, 5) is 11.6. The Morgan fingerprint density at radius 2 is 2.12 bits per heavy atom. The predicted molar refractivity (Wildman–Crippen MR) is 65.7 cm³/mol. The lowest BCUT2D eigenvalue weighted by Crippen LogP contribution is -2.04. The topological polar surface area (TPSA) is 34.9 Å². The van der Waals surface area contributed by atoms with E-state index in [0.717, 1.165) is 11.3 Å². The normalized spacial score (nSPS) is 11.1. The number of hydrogen-bond acceptors (Lipinski definition) is 2. The largest absolute Gasteiger partial charge is 0.300 e. The maximum atomic E-state index is 11.6. The third-order valence-electron chi connectivity index (χ3n) is 2.56. The van der Waals surface area contributed by atoms with Gasteiger partial charge in [-0.1, -0.05) is 25.4 Å². The highest BCUT2D eigenvalue weighted by Gasteiger charge is 2.13. The number of halogens is 1. The molecule has 1 aromatic heterocycles. The van der Waals surface area contributed by atoms with Gasteiger partial charge in [0.05, 0.1) is 5.69 Å². The zero-order chi connectivity index (χ0) is 12.3. The molecule has 16 heavy (non-hydrogen) atoms. The van der Waals surface area contributed by atoms with Crippen molar-refractivity contribution in [2.24, 2.45) is 13.0 Å². The third-order valence-corrected chi connectivity index (χ3v) is 3.03. The van der Waals surface area contributed by atoms with Gasteiger partial charge in [-0.3, -0.25) is 9.48 Å². The van der Waals surface area contributed by atoms with E-state index in [2.05, 4.69) is 18.9 Å². The van der Waals surface area contributed by atoms with Crippen molar-refractivity contribution in [2.75, 3.05) is 0 Å². The molecule has 0 spiro atoms. The highest BCUT2D eigenvalue weighted by atomic mass is 35.5. The van der Waals surface area contributed by atoms with E-state index in [9.17, 15) is 4.79 Å². The highest BCUT2D eigenvalue weighted by Crippen LogP contribution is 2.20. The van der Waals surface area contributed by atoms with Gasteiger partial charge >= 0.3 is 0 Å². The van der Waals surface area contributed by atoms with Crippen LogP contribution in [0, 0.1) is 12.8 Å². The minimum Gasteiger partial charge on any atom is -0.300 e. The summed E-state index contributed by atoms with van der Waals surface area (Å²) in [6, 6.07) is 0. The predicted octanol–water partition coefficient (Wildman–Crippen LogP) is 2.93. The van der Waals surface area contributed by atoms with Crippen molar-refractivity contribution < 1.29 is 4.79 Å². The number of carbonyl (C=O) groups is 1. The van der Waals surface area contributed by atoms with Gasteiger partial charge in [-0.2, -0.15) is 5.10 Å². The number of Topliss-reactive ketones (excluding diaryl/α,β-unsaturated/α-hetero) is 1. The number of aryl methyl sites for hydroxylation is 2.